The summed E-state index contributed by atoms with van der Waals surface area (Å²) in [5.41, 5.74) is 0.327. The van der Waals surface area contributed by atoms with E-state index >= 15 is 0 Å². The van der Waals surface area contributed by atoms with Crippen molar-refractivity contribution in [1.29, 1.82) is 0 Å². The van der Waals surface area contributed by atoms with Gasteiger partial charge >= 0.3 is 0 Å². The fourth-order valence-electron chi connectivity index (χ4n) is 1.44. The fraction of sp³-hybridized carbons (Fsp3) is 0.0769. The molecule has 1 heterocycles. The largest absolute Gasteiger partial charge is 0.347 e. The van der Waals surface area contributed by atoms with Crippen molar-refractivity contribution in [3.05, 3.63) is 65.5 Å². The Kier molecular flexibility index (Phi) is 3.62. The highest BCUT2D eigenvalue weighted by Crippen LogP contribution is 2.06. The fourth-order valence-corrected chi connectivity index (χ4v) is 1.44. The molecule has 0 unspecified atom stereocenters. The first-order valence-corrected chi connectivity index (χ1v) is 5.31. The van der Waals surface area contributed by atoms with Gasteiger partial charge < -0.3 is 5.32 Å². The zero-order valence-corrected chi connectivity index (χ0v) is 9.36. The van der Waals surface area contributed by atoms with E-state index in [0.29, 0.717) is 5.56 Å². The van der Waals surface area contributed by atoms with Gasteiger partial charge in [-0.25, -0.2) is 9.37 Å². The van der Waals surface area contributed by atoms with E-state index in [1.807, 2.05) is 0 Å². The monoisotopic (exact) mass is 248 g/mol. The van der Waals surface area contributed by atoms with Crippen molar-refractivity contribution in [3.8, 4) is 0 Å². The predicted octanol–water partition coefficient (Wildman–Crippen LogP) is 2.29. The van der Waals surface area contributed by atoms with Crippen molar-refractivity contribution in [3.63, 3.8) is 0 Å². The van der Waals surface area contributed by atoms with Crippen LogP contribution in [0.4, 0.5) is 8.78 Å². The van der Waals surface area contributed by atoms with Crippen molar-refractivity contribution in [2.75, 3.05) is 0 Å². The standard InChI is InChI=1S/C13H10F2N2O/c14-10-5-2-1-4-9(10)8-16-13(18)11-6-3-7-12(15)17-11/h1-7H,8H2,(H,16,18). The van der Waals surface area contributed by atoms with Gasteiger partial charge in [0.1, 0.15) is 11.5 Å². The minimum Gasteiger partial charge on any atom is -0.347 e. The van der Waals surface area contributed by atoms with Crippen LogP contribution in [0.2, 0.25) is 0 Å². The van der Waals surface area contributed by atoms with Crippen molar-refractivity contribution < 1.29 is 13.6 Å². The normalized spacial score (nSPS) is 10.1. The first kappa shape index (κ1) is 12.2. The average Bonchev–Trinajstić information content (AvgIpc) is 2.37. The van der Waals surface area contributed by atoms with Crippen LogP contribution in [0.3, 0.4) is 0 Å². The van der Waals surface area contributed by atoms with Crippen LogP contribution >= 0.6 is 0 Å². The molecule has 1 aromatic heterocycles. The zero-order valence-electron chi connectivity index (χ0n) is 9.36. The summed E-state index contributed by atoms with van der Waals surface area (Å²) in [4.78, 5) is 15.1. The Labute approximate surface area is 102 Å². The molecule has 1 aromatic carbocycles. The molecule has 0 atom stereocenters. The van der Waals surface area contributed by atoms with Crippen LogP contribution in [-0.2, 0) is 6.54 Å². The minimum absolute atomic E-state index is 0.0314. The van der Waals surface area contributed by atoms with E-state index in [-0.39, 0.29) is 12.2 Å². The van der Waals surface area contributed by atoms with E-state index in [4.69, 9.17) is 0 Å². The number of pyridine rings is 1. The van der Waals surface area contributed by atoms with E-state index < -0.39 is 17.7 Å². The molecule has 0 saturated carbocycles. The SMILES string of the molecule is O=C(NCc1ccccc1F)c1cccc(F)n1. The highest BCUT2D eigenvalue weighted by molar-refractivity contribution is 5.92. The van der Waals surface area contributed by atoms with Gasteiger partial charge in [0.25, 0.3) is 5.91 Å². The van der Waals surface area contributed by atoms with Crippen LogP contribution in [0.5, 0.6) is 0 Å². The number of hydrogen-bond acceptors (Lipinski definition) is 2. The second-order valence-electron chi connectivity index (χ2n) is 3.62. The molecule has 18 heavy (non-hydrogen) atoms. The third kappa shape index (κ3) is 2.88. The molecule has 0 radical (unpaired) electrons. The van der Waals surface area contributed by atoms with E-state index in [2.05, 4.69) is 10.3 Å². The Hall–Kier alpha value is -2.30. The van der Waals surface area contributed by atoms with Gasteiger partial charge in [0, 0.05) is 12.1 Å². The van der Waals surface area contributed by atoms with Crippen molar-refractivity contribution >= 4 is 5.91 Å². The summed E-state index contributed by atoms with van der Waals surface area (Å²) in [6, 6.07) is 10.0. The van der Waals surface area contributed by atoms with Crippen molar-refractivity contribution in [1.82, 2.24) is 10.3 Å². The number of nitrogens with zero attached hydrogens (tertiary/aromatic N) is 1. The predicted molar refractivity (Wildman–Crippen MR) is 61.8 cm³/mol. The first-order chi connectivity index (χ1) is 8.66. The van der Waals surface area contributed by atoms with Gasteiger partial charge in [-0.05, 0) is 18.2 Å². The van der Waals surface area contributed by atoms with E-state index in [0.717, 1.165) is 6.07 Å². The van der Waals surface area contributed by atoms with Gasteiger partial charge in [-0.15, -0.1) is 0 Å². The summed E-state index contributed by atoms with van der Waals surface area (Å²) in [5.74, 6) is -1.67. The number of halogens is 2. The summed E-state index contributed by atoms with van der Waals surface area (Å²) >= 11 is 0. The molecular formula is C13H10F2N2O. The molecule has 0 aliphatic rings. The zero-order chi connectivity index (χ0) is 13.0. The highest BCUT2D eigenvalue weighted by Gasteiger charge is 2.08. The highest BCUT2D eigenvalue weighted by atomic mass is 19.1. The smallest absolute Gasteiger partial charge is 0.270 e. The molecule has 2 aromatic rings. The Morgan fingerprint density at radius 1 is 1.11 bits per heavy atom. The number of aromatic nitrogens is 1. The molecule has 3 nitrogen and oxygen atoms in total. The summed E-state index contributed by atoms with van der Waals surface area (Å²) in [5, 5.41) is 2.48. The maximum atomic E-state index is 13.3. The second-order valence-corrected chi connectivity index (χ2v) is 3.62. The van der Waals surface area contributed by atoms with Crippen LogP contribution in [0.15, 0.2) is 42.5 Å². The van der Waals surface area contributed by atoms with Crippen molar-refractivity contribution in [2.45, 2.75) is 6.54 Å². The molecule has 2 rings (SSSR count). The van der Waals surface area contributed by atoms with Crippen LogP contribution in [0.25, 0.3) is 0 Å². The Bertz CT molecular complexity index is 572. The molecule has 0 bridgehead atoms. The van der Waals surface area contributed by atoms with Gasteiger partial charge in [0.2, 0.25) is 5.95 Å². The van der Waals surface area contributed by atoms with Crippen molar-refractivity contribution in [2.24, 2.45) is 0 Å². The number of hydrogen-bond donors (Lipinski definition) is 1. The van der Waals surface area contributed by atoms with Crippen LogP contribution < -0.4 is 5.32 Å². The summed E-state index contributed by atoms with van der Waals surface area (Å²) < 4.78 is 26.1. The number of rotatable bonds is 3. The maximum Gasteiger partial charge on any atom is 0.270 e. The quantitative estimate of drug-likeness (QED) is 0.847. The Balaban J connectivity index is 2.03. The minimum atomic E-state index is -0.728. The third-order valence-electron chi connectivity index (χ3n) is 2.34. The van der Waals surface area contributed by atoms with Gasteiger partial charge in [-0.1, -0.05) is 24.3 Å². The molecule has 0 fully saturated rings. The number of benzene rings is 1. The van der Waals surface area contributed by atoms with Crippen LogP contribution in [-0.4, -0.2) is 10.9 Å². The lowest BCUT2D eigenvalue weighted by Crippen LogP contribution is -2.24. The molecule has 0 aliphatic carbocycles. The lowest BCUT2D eigenvalue weighted by atomic mass is 10.2. The molecule has 1 N–H and O–H groups in total. The lowest BCUT2D eigenvalue weighted by Gasteiger charge is -2.05. The van der Waals surface area contributed by atoms with Gasteiger partial charge in [0.05, 0.1) is 0 Å². The molecule has 0 saturated heterocycles. The van der Waals surface area contributed by atoms with Crippen LogP contribution in [0.1, 0.15) is 16.1 Å². The lowest BCUT2D eigenvalue weighted by molar-refractivity contribution is 0.0944. The summed E-state index contributed by atoms with van der Waals surface area (Å²) in [6.45, 7) is 0.0314. The van der Waals surface area contributed by atoms with E-state index in [1.165, 1.54) is 18.2 Å². The molecule has 0 spiro atoms. The molecule has 5 heteroatoms. The summed E-state index contributed by atoms with van der Waals surface area (Å²) in [7, 11) is 0. The number of carbonyl (C=O) groups excluding carboxylic acids is 1. The molecule has 0 aliphatic heterocycles. The summed E-state index contributed by atoms with van der Waals surface area (Å²) in [6.07, 6.45) is 0. The third-order valence-corrected chi connectivity index (χ3v) is 2.34. The van der Waals surface area contributed by atoms with Gasteiger partial charge in [-0.3, -0.25) is 4.79 Å². The number of amides is 1. The van der Waals surface area contributed by atoms with E-state index in [1.54, 1.807) is 18.2 Å². The number of carbonyl (C=O) groups is 1. The number of nitrogens with one attached hydrogen (secondary N) is 1. The van der Waals surface area contributed by atoms with E-state index in [9.17, 15) is 13.6 Å². The Morgan fingerprint density at radius 3 is 2.61 bits per heavy atom. The van der Waals surface area contributed by atoms with Gasteiger partial charge in [0.15, 0.2) is 0 Å². The van der Waals surface area contributed by atoms with Gasteiger partial charge in [-0.2, -0.15) is 4.39 Å². The second kappa shape index (κ2) is 5.35. The average molecular weight is 248 g/mol. The molecular weight excluding hydrogens is 238 g/mol. The molecule has 1 amide bonds. The van der Waals surface area contributed by atoms with Crippen LogP contribution in [0, 0.1) is 11.8 Å². The first-order valence-electron chi connectivity index (χ1n) is 5.31. The Morgan fingerprint density at radius 2 is 1.89 bits per heavy atom. The molecule has 92 valence electrons. The maximum absolute atomic E-state index is 13.3. The topological polar surface area (TPSA) is 42.0 Å².